The molecular formula is C18H26O2. The number of allylic oxidation sites excluding steroid dienone is 7. The van der Waals surface area contributed by atoms with Crippen molar-refractivity contribution in [2.24, 2.45) is 5.41 Å². The van der Waals surface area contributed by atoms with Crippen LogP contribution >= 0.6 is 0 Å². The smallest absolute Gasteiger partial charge is 0.330 e. The van der Waals surface area contributed by atoms with Gasteiger partial charge in [0.05, 0.1) is 6.61 Å². The third-order valence-electron chi connectivity index (χ3n) is 3.66. The molecule has 110 valence electrons. The van der Waals surface area contributed by atoms with E-state index in [1.807, 2.05) is 18.2 Å². The van der Waals surface area contributed by atoms with Gasteiger partial charge in [-0.2, -0.15) is 0 Å². The molecule has 0 aliphatic heterocycles. The van der Waals surface area contributed by atoms with Crippen LogP contribution in [0.25, 0.3) is 0 Å². The summed E-state index contributed by atoms with van der Waals surface area (Å²) < 4.78 is 4.80. The maximum atomic E-state index is 11.1. The number of esters is 1. The fourth-order valence-corrected chi connectivity index (χ4v) is 2.61. The zero-order valence-electron chi connectivity index (χ0n) is 13.1. The van der Waals surface area contributed by atoms with Crippen LogP contribution in [0.5, 0.6) is 0 Å². The minimum Gasteiger partial charge on any atom is -0.463 e. The molecule has 0 aromatic rings. The fraction of sp³-hybridized carbons (Fsp3) is 0.500. The second-order valence-corrected chi connectivity index (χ2v) is 5.79. The van der Waals surface area contributed by atoms with E-state index in [2.05, 4.69) is 26.8 Å². The average Bonchev–Trinajstić information content (AvgIpc) is 2.36. The number of carbonyl (C=O) groups is 1. The Morgan fingerprint density at radius 1 is 1.25 bits per heavy atom. The molecule has 0 spiro atoms. The molecule has 1 aliphatic rings. The second-order valence-electron chi connectivity index (χ2n) is 5.79. The van der Waals surface area contributed by atoms with Crippen molar-refractivity contribution in [3.8, 4) is 0 Å². The summed E-state index contributed by atoms with van der Waals surface area (Å²) in [6, 6.07) is 0. The molecule has 1 aliphatic carbocycles. The Balaban J connectivity index is 2.58. The molecule has 2 nitrogen and oxygen atoms in total. The van der Waals surface area contributed by atoms with E-state index in [1.54, 1.807) is 13.0 Å². The van der Waals surface area contributed by atoms with Crippen molar-refractivity contribution in [1.29, 1.82) is 0 Å². The highest BCUT2D eigenvalue weighted by atomic mass is 16.5. The number of ether oxygens (including phenoxy) is 1. The van der Waals surface area contributed by atoms with Crippen LogP contribution in [-0.2, 0) is 9.53 Å². The number of rotatable bonds is 5. The minimum atomic E-state index is -0.298. The molecule has 0 amide bonds. The summed E-state index contributed by atoms with van der Waals surface area (Å²) in [5.74, 6) is -0.298. The highest BCUT2D eigenvalue weighted by molar-refractivity contribution is 5.82. The van der Waals surface area contributed by atoms with Crippen LogP contribution in [0, 0.1) is 5.41 Å². The van der Waals surface area contributed by atoms with Gasteiger partial charge in [-0.25, -0.2) is 4.79 Å². The van der Waals surface area contributed by atoms with Gasteiger partial charge >= 0.3 is 5.97 Å². The van der Waals surface area contributed by atoms with Crippen LogP contribution in [0.1, 0.15) is 47.0 Å². The molecule has 0 aromatic heterocycles. The second kappa shape index (κ2) is 7.88. The van der Waals surface area contributed by atoms with Gasteiger partial charge in [0.15, 0.2) is 0 Å². The Hall–Kier alpha value is -1.57. The molecule has 20 heavy (non-hydrogen) atoms. The zero-order chi connectivity index (χ0) is 15.0. The standard InChI is InChI=1S/C18H26O2/c1-5-20-17(19)13-9-7-6-8-12-16-15(2)11-10-14-18(16,3)4/h6-9,12-13H,5,10-11,14H2,1-4H3/b7-6+,12-8+,13-9-. The fourth-order valence-electron chi connectivity index (χ4n) is 2.61. The van der Waals surface area contributed by atoms with Crippen LogP contribution < -0.4 is 0 Å². The lowest BCUT2D eigenvalue weighted by molar-refractivity contribution is -0.137. The van der Waals surface area contributed by atoms with Gasteiger partial charge in [-0.3, -0.25) is 0 Å². The first-order valence-corrected chi connectivity index (χ1v) is 7.36. The molecule has 0 saturated heterocycles. The van der Waals surface area contributed by atoms with E-state index < -0.39 is 0 Å². The molecule has 0 fully saturated rings. The Morgan fingerprint density at radius 2 is 1.95 bits per heavy atom. The molecule has 0 N–H and O–H groups in total. The Morgan fingerprint density at radius 3 is 2.60 bits per heavy atom. The first-order valence-electron chi connectivity index (χ1n) is 7.36. The van der Waals surface area contributed by atoms with Crippen molar-refractivity contribution >= 4 is 5.97 Å². The maximum absolute atomic E-state index is 11.1. The topological polar surface area (TPSA) is 26.3 Å². The molecule has 2 heteroatoms. The van der Waals surface area contributed by atoms with E-state index in [0.717, 1.165) is 0 Å². The molecule has 0 aromatic carbocycles. The molecule has 0 radical (unpaired) electrons. The van der Waals surface area contributed by atoms with Gasteiger partial charge in [-0.05, 0) is 44.1 Å². The minimum absolute atomic E-state index is 0.271. The Bertz CT molecular complexity index is 448. The molecule has 0 bridgehead atoms. The third kappa shape index (κ3) is 5.20. The van der Waals surface area contributed by atoms with E-state index >= 15 is 0 Å². The lowest BCUT2D eigenvalue weighted by atomic mass is 9.73. The third-order valence-corrected chi connectivity index (χ3v) is 3.66. The van der Waals surface area contributed by atoms with Crippen molar-refractivity contribution < 1.29 is 9.53 Å². The van der Waals surface area contributed by atoms with E-state index in [-0.39, 0.29) is 11.4 Å². The van der Waals surface area contributed by atoms with Crippen molar-refractivity contribution in [2.45, 2.75) is 47.0 Å². The van der Waals surface area contributed by atoms with Crippen LogP contribution in [0.15, 0.2) is 47.6 Å². The summed E-state index contributed by atoms with van der Waals surface area (Å²) in [5, 5.41) is 0. The van der Waals surface area contributed by atoms with E-state index in [4.69, 9.17) is 4.74 Å². The maximum Gasteiger partial charge on any atom is 0.330 e. The van der Waals surface area contributed by atoms with E-state index in [9.17, 15) is 4.79 Å². The van der Waals surface area contributed by atoms with E-state index in [1.165, 1.54) is 36.5 Å². The molecule has 0 heterocycles. The average molecular weight is 274 g/mol. The predicted molar refractivity (Wildman–Crippen MR) is 84.4 cm³/mol. The first-order chi connectivity index (χ1) is 9.47. The summed E-state index contributed by atoms with van der Waals surface area (Å²) in [5.41, 5.74) is 3.21. The van der Waals surface area contributed by atoms with Crippen molar-refractivity contribution in [1.82, 2.24) is 0 Å². The van der Waals surface area contributed by atoms with Gasteiger partial charge in [0.25, 0.3) is 0 Å². The Kier molecular flexibility index (Phi) is 6.50. The summed E-state index contributed by atoms with van der Waals surface area (Å²) in [4.78, 5) is 11.1. The van der Waals surface area contributed by atoms with Crippen molar-refractivity contribution in [2.75, 3.05) is 6.61 Å². The largest absolute Gasteiger partial charge is 0.463 e. The van der Waals surface area contributed by atoms with Gasteiger partial charge in [-0.1, -0.05) is 49.8 Å². The highest BCUT2D eigenvalue weighted by Crippen LogP contribution is 2.40. The van der Waals surface area contributed by atoms with Gasteiger partial charge in [0.1, 0.15) is 0 Å². The summed E-state index contributed by atoms with van der Waals surface area (Å²) in [7, 11) is 0. The van der Waals surface area contributed by atoms with Gasteiger partial charge in [0, 0.05) is 6.08 Å². The molecular weight excluding hydrogens is 248 g/mol. The SMILES string of the molecule is CCOC(=O)\C=C/C=C/C=C/C1=C(C)CCCC1(C)C. The van der Waals surface area contributed by atoms with Crippen LogP contribution in [0.4, 0.5) is 0 Å². The highest BCUT2D eigenvalue weighted by Gasteiger charge is 2.26. The predicted octanol–water partition coefficient (Wildman–Crippen LogP) is 4.74. The van der Waals surface area contributed by atoms with Crippen LogP contribution in [0.2, 0.25) is 0 Å². The van der Waals surface area contributed by atoms with Gasteiger partial charge < -0.3 is 4.74 Å². The number of carbonyl (C=O) groups excluding carboxylic acids is 1. The lowest BCUT2D eigenvalue weighted by Crippen LogP contribution is -2.18. The summed E-state index contributed by atoms with van der Waals surface area (Å²) in [6.45, 7) is 9.05. The molecule has 0 atom stereocenters. The Labute approximate surface area is 122 Å². The summed E-state index contributed by atoms with van der Waals surface area (Å²) in [6.07, 6.45) is 14.9. The first kappa shape index (κ1) is 16.5. The molecule has 0 saturated carbocycles. The van der Waals surface area contributed by atoms with Crippen LogP contribution in [-0.4, -0.2) is 12.6 Å². The van der Waals surface area contributed by atoms with E-state index in [0.29, 0.717) is 6.61 Å². The van der Waals surface area contributed by atoms with Crippen molar-refractivity contribution in [3.05, 3.63) is 47.6 Å². The van der Waals surface area contributed by atoms with Gasteiger partial charge in [0.2, 0.25) is 0 Å². The quantitative estimate of drug-likeness (QED) is 0.411. The normalized spacial score (nSPS) is 19.4. The van der Waals surface area contributed by atoms with Crippen LogP contribution in [0.3, 0.4) is 0 Å². The zero-order valence-corrected chi connectivity index (χ0v) is 13.1. The molecule has 0 unspecified atom stereocenters. The lowest BCUT2D eigenvalue weighted by Gasteiger charge is -2.32. The monoisotopic (exact) mass is 274 g/mol. The number of hydrogen-bond acceptors (Lipinski definition) is 2. The summed E-state index contributed by atoms with van der Waals surface area (Å²) >= 11 is 0. The van der Waals surface area contributed by atoms with Gasteiger partial charge in [-0.15, -0.1) is 0 Å². The molecule has 1 rings (SSSR count). The number of hydrogen-bond donors (Lipinski definition) is 0. The van der Waals surface area contributed by atoms with Crippen molar-refractivity contribution in [3.63, 3.8) is 0 Å².